The van der Waals surface area contributed by atoms with Crippen molar-refractivity contribution in [1.29, 1.82) is 0 Å². The van der Waals surface area contributed by atoms with Crippen molar-refractivity contribution in [3.8, 4) is 0 Å². The summed E-state index contributed by atoms with van der Waals surface area (Å²) in [5, 5.41) is 3.92. The minimum Gasteiger partial charge on any atom is -0.393 e. The van der Waals surface area contributed by atoms with E-state index >= 15 is 0 Å². The molecule has 1 heterocycles. The van der Waals surface area contributed by atoms with Crippen LogP contribution in [0, 0.1) is 5.92 Å². The molecule has 0 saturated carbocycles. The standard InChI is InChI=1S/C10H16N4OS2/c1-4-7-8(17-13-12-7)10(15)14(3)5-6(2)9(11)16/h6H,4-5H2,1-3H3,(H2,11,16). The van der Waals surface area contributed by atoms with Crippen molar-refractivity contribution in [3.63, 3.8) is 0 Å². The molecule has 0 aromatic carbocycles. The summed E-state index contributed by atoms with van der Waals surface area (Å²) in [5.74, 6) is -0.0649. The van der Waals surface area contributed by atoms with E-state index in [0.717, 1.165) is 17.2 Å². The van der Waals surface area contributed by atoms with Crippen LogP contribution in [0.4, 0.5) is 0 Å². The largest absolute Gasteiger partial charge is 0.393 e. The van der Waals surface area contributed by atoms with Crippen molar-refractivity contribution in [1.82, 2.24) is 14.5 Å². The fourth-order valence-electron chi connectivity index (χ4n) is 1.36. The van der Waals surface area contributed by atoms with E-state index in [-0.39, 0.29) is 11.8 Å². The number of carbonyl (C=O) groups excluding carboxylic acids is 1. The molecule has 1 aromatic heterocycles. The van der Waals surface area contributed by atoms with Crippen molar-refractivity contribution >= 4 is 34.6 Å². The lowest BCUT2D eigenvalue weighted by Crippen LogP contribution is -2.35. The molecule has 1 aromatic rings. The lowest BCUT2D eigenvalue weighted by Gasteiger charge is -2.20. The van der Waals surface area contributed by atoms with Crippen LogP contribution in [0.2, 0.25) is 0 Å². The predicted octanol–water partition coefficient (Wildman–Crippen LogP) is 1.09. The zero-order valence-corrected chi connectivity index (χ0v) is 11.8. The number of thiocarbonyl (C=S) groups is 1. The van der Waals surface area contributed by atoms with Gasteiger partial charge in [-0.05, 0) is 18.0 Å². The zero-order valence-electron chi connectivity index (χ0n) is 10.1. The van der Waals surface area contributed by atoms with Crippen LogP contribution in [0.5, 0.6) is 0 Å². The predicted molar refractivity (Wildman–Crippen MR) is 72.2 cm³/mol. The first-order valence-electron chi connectivity index (χ1n) is 5.33. The van der Waals surface area contributed by atoms with Gasteiger partial charge in [0, 0.05) is 19.5 Å². The first kappa shape index (κ1) is 14.0. The Hall–Kier alpha value is -1.08. The van der Waals surface area contributed by atoms with Crippen molar-refractivity contribution in [2.75, 3.05) is 13.6 Å². The van der Waals surface area contributed by atoms with E-state index in [9.17, 15) is 4.79 Å². The number of hydrogen-bond acceptors (Lipinski definition) is 5. The molecule has 7 heteroatoms. The van der Waals surface area contributed by atoms with Crippen LogP contribution in [0.1, 0.15) is 29.2 Å². The summed E-state index contributed by atoms with van der Waals surface area (Å²) in [6, 6.07) is 0. The molecular formula is C10H16N4OS2. The third kappa shape index (κ3) is 3.44. The normalized spacial score (nSPS) is 12.2. The molecule has 0 aliphatic carbocycles. The highest BCUT2D eigenvalue weighted by atomic mass is 32.1. The fraction of sp³-hybridized carbons (Fsp3) is 0.600. The number of carbonyl (C=O) groups is 1. The number of aromatic nitrogens is 2. The Morgan fingerprint density at radius 1 is 1.65 bits per heavy atom. The van der Waals surface area contributed by atoms with Gasteiger partial charge < -0.3 is 10.6 Å². The molecule has 5 nitrogen and oxygen atoms in total. The number of nitrogens with two attached hydrogens (primary N) is 1. The van der Waals surface area contributed by atoms with Crippen LogP contribution in [-0.4, -0.2) is 39.0 Å². The zero-order chi connectivity index (χ0) is 13.0. The van der Waals surface area contributed by atoms with Crippen molar-refractivity contribution in [3.05, 3.63) is 10.6 Å². The topological polar surface area (TPSA) is 72.1 Å². The van der Waals surface area contributed by atoms with Gasteiger partial charge in [-0.2, -0.15) is 0 Å². The van der Waals surface area contributed by atoms with Crippen molar-refractivity contribution in [2.45, 2.75) is 20.3 Å². The Kier molecular flexibility index (Phi) is 4.95. The van der Waals surface area contributed by atoms with E-state index in [1.54, 1.807) is 11.9 Å². The molecule has 1 amide bonds. The highest BCUT2D eigenvalue weighted by Crippen LogP contribution is 2.14. The third-order valence-electron chi connectivity index (χ3n) is 2.47. The van der Waals surface area contributed by atoms with Gasteiger partial charge in [-0.15, -0.1) is 5.10 Å². The lowest BCUT2D eigenvalue weighted by molar-refractivity contribution is 0.0790. The molecule has 0 aliphatic heterocycles. The molecule has 0 bridgehead atoms. The number of rotatable bonds is 5. The molecule has 2 N–H and O–H groups in total. The summed E-state index contributed by atoms with van der Waals surface area (Å²) in [6.07, 6.45) is 0.705. The maximum absolute atomic E-state index is 12.1. The Balaban J connectivity index is 2.73. The lowest BCUT2D eigenvalue weighted by atomic mass is 10.1. The SMILES string of the molecule is CCc1nnsc1C(=O)N(C)CC(C)C(N)=S. The average molecular weight is 272 g/mol. The highest BCUT2D eigenvalue weighted by molar-refractivity contribution is 7.80. The molecule has 1 atom stereocenters. The second kappa shape index (κ2) is 6.02. The highest BCUT2D eigenvalue weighted by Gasteiger charge is 2.20. The van der Waals surface area contributed by atoms with E-state index < -0.39 is 0 Å². The first-order valence-corrected chi connectivity index (χ1v) is 6.51. The minimum absolute atomic E-state index is 0.00454. The van der Waals surface area contributed by atoms with Gasteiger partial charge in [-0.1, -0.05) is 30.6 Å². The maximum Gasteiger partial charge on any atom is 0.267 e. The molecule has 0 aliphatic rings. The first-order chi connectivity index (χ1) is 7.97. The summed E-state index contributed by atoms with van der Waals surface area (Å²) in [6.45, 7) is 4.36. The summed E-state index contributed by atoms with van der Waals surface area (Å²) in [5.41, 5.74) is 6.28. The molecule has 0 radical (unpaired) electrons. The quantitative estimate of drug-likeness (QED) is 0.813. The third-order valence-corrected chi connectivity index (χ3v) is 3.62. The summed E-state index contributed by atoms with van der Waals surface area (Å²) in [4.78, 5) is 14.7. The maximum atomic E-state index is 12.1. The summed E-state index contributed by atoms with van der Waals surface area (Å²) in [7, 11) is 1.73. The molecular weight excluding hydrogens is 256 g/mol. The van der Waals surface area contributed by atoms with Gasteiger partial charge >= 0.3 is 0 Å². The van der Waals surface area contributed by atoms with Crippen LogP contribution in [0.3, 0.4) is 0 Å². The van der Waals surface area contributed by atoms with E-state index in [1.807, 2.05) is 13.8 Å². The van der Waals surface area contributed by atoms with Crippen molar-refractivity contribution < 1.29 is 4.79 Å². The summed E-state index contributed by atoms with van der Waals surface area (Å²) < 4.78 is 3.80. The minimum atomic E-state index is -0.0695. The molecule has 1 unspecified atom stereocenters. The Labute approximate surface area is 110 Å². The molecule has 0 spiro atoms. The van der Waals surface area contributed by atoms with Crippen LogP contribution >= 0.6 is 23.8 Å². The van der Waals surface area contributed by atoms with Crippen LogP contribution in [0.25, 0.3) is 0 Å². The van der Waals surface area contributed by atoms with Crippen LogP contribution in [0.15, 0.2) is 0 Å². The smallest absolute Gasteiger partial charge is 0.267 e. The Morgan fingerprint density at radius 2 is 2.29 bits per heavy atom. The Bertz CT molecular complexity index is 418. The van der Waals surface area contributed by atoms with Crippen molar-refractivity contribution in [2.24, 2.45) is 11.7 Å². The van der Waals surface area contributed by atoms with E-state index in [4.69, 9.17) is 18.0 Å². The Morgan fingerprint density at radius 3 is 2.82 bits per heavy atom. The number of hydrogen-bond donors (Lipinski definition) is 1. The van der Waals surface area contributed by atoms with Crippen LogP contribution < -0.4 is 5.73 Å². The van der Waals surface area contributed by atoms with E-state index in [1.165, 1.54) is 0 Å². The number of nitrogens with zero attached hydrogens (tertiary/aromatic N) is 3. The van der Waals surface area contributed by atoms with Gasteiger partial charge in [0.2, 0.25) is 0 Å². The molecule has 0 saturated heterocycles. The average Bonchev–Trinajstić information content (AvgIpc) is 2.75. The summed E-state index contributed by atoms with van der Waals surface area (Å²) >= 11 is 6.02. The second-order valence-corrected chi connectivity index (χ2v) is 5.12. The van der Waals surface area contributed by atoms with Gasteiger partial charge in [-0.3, -0.25) is 4.79 Å². The molecule has 0 fully saturated rings. The van der Waals surface area contributed by atoms with E-state index in [2.05, 4.69) is 9.59 Å². The number of aryl methyl sites for hydroxylation is 1. The van der Waals surface area contributed by atoms with Gasteiger partial charge in [0.1, 0.15) is 4.88 Å². The molecule has 94 valence electrons. The van der Waals surface area contributed by atoms with Gasteiger partial charge in [-0.25, -0.2) is 0 Å². The second-order valence-electron chi connectivity index (χ2n) is 3.89. The van der Waals surface area contributed by atoms with Crippen LogP contribution in [-0.2, 0) is 6.42 Å². The van der Waals surface area contributed by atoms with Gasteiger partial charge in [0.25, 0.3) is 5.91 Å². The van der Waals surface area contributed by atoms with E-state index in [0.29, 0.717) is 22.8 Å². The fourth-order valence-corrected chi connectivity index (χ4v) is 2.18. The molecule has 17 heavy (non-hydrogen) atoms. The monoisotopic (exact) mass is 272 g/mol. The van der Waals surface area contributed by atoms with Gasteiger partial charge in [0.15, 0.2) is 0 Å². The molecule has 1 rings (SSSR count). The number of amides is 1. The van der Waals surface area contributed by atoms with Gasteiger partial charge in [0.05, 0.1) is 10.7 Å².